The third-order valence-electron chi connectivity index (χ3n) is 3.43. The first-order chi connectivity index (χ1) is 9.69. The van der Waals surface area contributed by atoms with Crippen LogP contribution >= 0.6 is 0 Å². The lowest BCUT2D eigenvalue weighted by Gasteiger charge is -2.30. The lowest BCUT2D eigenvalue weighted by Crippen LogP contribution is -2.41. The molecule has 6 nitrogen and oxygen atoms in total. The van der Waals surface area contributed by atoms with Crippen LogP contribution < -0.4 is 10.2 Å². The molecule has 114 valence electrons. The Morgan fingerprint density at radius 1 is 1.45 bits per heavy atom. The minimum atomic E-state index is -2.42. The first-order valence-electron chi connectivity index (χ1n) is 6.88. The van der Waals surface area contributed by atoms with Gasteiger partial charge in [0.05, 0.1) is 6.61 Å². The maximum absolute atomic E-state index is 11.9. The molecular weight excluding hydrogens is 268 g/mol. The Morgan fingerprint density at radius 2 is 2.20 bits per heavy atom. The molecule has 1 aliphatic rings. The highest BCUT2D eigenvalue weighted by Crippen LogP contribution is 2.15. The van der Waals surface area contributed by atoms with Crippen LogP contribution in [0.2, 0.25) is 0 Å². The first-order valence-corrected chi connectivity index (χ1v) is 6.88. The molecule has 1 saturated heterocycles. The van der Waals surface area contributed by atoms with E-state index in [1.807, 2.05) is 7.05 Å². The molecule has 0 aliphatic carbocycles. The fourth-order valence-electron chi connectivity index (χ4n) is 2.25. The molecule has 8 heteroatoms. The number of halogens is 2. The summed E-state index contributed by atoms with van der Waals surface area (Å²) in [5.74, 6) is 1.36. The van der Waals surface area contributed by atoms with Gasteiger partial charge in [-0.1, -0.05) is 0 Å². The molecule has 0 bridgehead atoms. The molecule has 0 spiro atoms. The number of hydrogen-bond donors (Lipinski definition) is 2. The van der Waals surface area contributed by atoms with Gasteiger partial charge in [-0.05, 0) is 19.9 Å². The van der Waals surface area contributed by atoms with E-state index in [1.165, 1.54) is 0 Å². The lowest BCUT2D eigenvalue weighted by molar-refractivity contribution is 0.0183. The molecule has 1 fully saturated rings. The highest BCUT2D eigenvalue weighted by molar-refractivity contribution is 5.29. The van der Waals surface area contributed by atoms with Crippen molar-refractivity contribution in [2.45, 2.75) is 31.7 Å². The minimum absolute atomic E-state index is 0.223. The second kappa shape index (κ2) is 7.49. The molecule has 20 heavy (non-hydrogen) atoms. The Labute approximate surface area is 116 Å². The minimum Gasteiger partial charge on any atom is -0.375 e. The van der Waals surface area contributed by atoms with Crippen LogP contribution in [0.3, 0.4) is 0 Å². The van der Waals surface area contributed by atoms with Crippen molar-refractivity contribution in [1.29, 1.82) is 0 Å². The summed E-state index contributed by atoms with van der Waals surface area (Å²) in [4.78, 5) is 6.51. The van der Waals surface area contributed by atoms with Gasteiger partial charge in [0.15, 0.2) is 0 Å². The molecular formula is C12H21F2N5O. The Morgan fingerprint density at radius 3 is 2.85 bits per heavy atom. The molecule has 0 atom stereocenters. The van der Waals surface area contributed by atoms with E-state index in [2.05, 4.69) is 25.4 Å². The van der Waals surface area contributed by atoms with E-state index in [0.29, 0.717) is 24.2 Å². The van der Waals surface area contributed by atoms with Gasteiger partial charge >= 0.3 is 0 Å². The number of aromatic amines is 1. The van der Waals surface area contributed by atoms with Gasteiger partial charge in [0.1, 0.15) is 12.4 Å². The predicted octanol–water partition coefficient (Wildman–Crippen LogP) is 0.817. The molecule has 0 amide bonds. The van der Waals surface area contributed by atoms with Crippen LogP contribution in [0.25, 0.3) is 0 Å². The van der Waals surface area contributed by atoms with Crippen LogP contribution in [-0.2, 0) is 11.2 Å². The van der Waals surface area contributed by atoms with E-state index < -0.39 is 13.0 Å². The maximum Gasteiger partial charge on any atom is 0.261 e. The van der Waals surface area contributed by atoms with E-state index >= 15 is 0 Å². The highest BCUT2D eigenvalue weighted by atomic mass is 19.3. The Hall–Kier alpha value is -1.28. The number of piperidine rings is 1. The second-order valence-electron chi connectivity index (χ2n) is 4.85. The van der Waals surface area contributed by atoms with Gasteiger partial charge in [-0.15, -0.1) is 5.10 Å². The third kappa shape index (κ3) is 4.38. The van der Waals surface area contributed by atoms with E-state index in [0.717, 1.165) is 25.9 Å². The normalized spacial score (nSPS) is 17.1. The zero-order chi connectivity index (χ0) is 14.4. The van der Waals surface area contributed by atoms with Crippen LogP contribution in [0.1, 0.15) is 18.7 Å². The smallest absolute Gasteiger partial charge is 0.261 e. The maximum atomic E-state index is 11.9. The molecule has 2 rings (SSSR count). The number of nitrogens with one attached hydrogen (secondary N) is 2. The number of alkyl halides is 2. The summed E-state index contributed by atoms with van der Waals surface area (Å²) in [7, 11) is 1.98. The molecule has 0 aromatic carbocycles. The quantitative estimate of drug-likeness (QED) is 0.727. The van der Waals surface area contributed by atoms with Gasteiger partial charge in [0, 0.05) is 25.6 Å². The van der Waals surface area contributed by atoms with Crippen molar-refractivity contribution < 1.29 is 13.5 Å². The number of nitrogens with zero attached hydrogens (tertiary/aromatic N) is 3. The van der Waals surface area contributed by atoms with Gasteiger partial charge in [-0.2, -0.15) is 4.98 Å². The molecule has 0 saturated carbocycles. The number of aromatic nitrogens is 3. The Kier molecular flexibility index (Phi) is 5.66. The zero-order valence-electron chi connectivity index (χ0n) is 11.6. The Balaban J connectivity index is 1.74. The standard InChI is InChI=1S/C12H21F2N5O/c1-15-9-2-5-19(6-3-9)12-16-11(17-18-12)4-7-20-8-10(13)14/h9-10,15H,2-8H2,1H3,(H,16,17,18). The van der Waals surface area contributed by atoms with Gasteiger partial charge < -0.3 is 15.0 Å². The monoisotopic (exact) mass is 289 g/mol. The van der Waals surface area contributed by atoms with Crippen LogP contribution in [0.4, 0.5) is 14.7 Å². The summed E-state index contributed by atoms with van der Waals surface area (Å²) >= 11 is 0. The summed E-state index contributed by atoms with van der Waals surface area (Å²) in [6.07, 6.45) is 0.177. The van der Waals surface area contributed by atoms with Crippen molar-refractivity contribution in [2.24, 2.45) is 0 Å². The average molecular weight is 289 g/mol. The zero-order valence-corrected chi connectivity index (χ0v) is 11.6. The number of H-pyrrole nitrogens is 1. The SMILES string of the molecule is CNC1CCN(c2n[nH]c(CCOCC(F)F)n2)CC1. The topological polar surface area (TPSA) is 66.1 Å². The fourth-order valence-corrected chi connectivity index (χ4v) is 2.25. The molecule has 1 aromatic rings. The van der Waals surface area contributed by atoms with E-state index in [1.54, 1.807) is 0 Å². The summed E-state index contributed by atoms with van der Waals surface area (Å²) in [5, 5.41) is 10.3. The summed E-state index contributed by atoms with van der Waals surface area (Å²) in [6, 6.07) is 0.562. The van der Waals surface area contributed by atoms with Crippen molar-refractivity contribution in [1.82, 2.24) is 20.5 Å². The van der Waals surface area contributed by atoms with Crippen LogP contribution in [-0.4, -0.2) is 61.0 Å². The van der Waals surface area contributed by atoms with Crippen molar-refractivity contribution in [3.8, 4) is 0 Å². The van der Waals surface area contributed by atoms with Gasteiger partial charge in [-0.3, -0.25) is 5.10 Å². The Bertz CT molecular complexity index is 393. The van der Waals surface area contributed by atoms with Crippen molar-refractivity contribution in [3.05, 3.63) is 5.82 Å². The van der Waals surface area contributed by atoms with Crippen LogP contribution in [0.15, 0.2) is 0 Å². The van der Waals surface area contributed by atoms with Crippen molar-refractivity contribution in [3.63, 3.8) is 0 Å². The summed E-state index contributed by atoms with van der Waals surface area (Å²) in [6.45, 7) is 1.54. The van der Waals surface area contributed by atoms with Crippen molar-refractivity contribution in [2.75, 3.05) is 38.3 Å². The van der Waals surface area contributed by atoms with Gasteiger partial charge in [0.25, 0.3) is 6.43 Å². The molecule has 1 aliphatic heterocycles. The van der Waals surface area contributed by atoms with E-state index in [4.69, 9.17) is 4.74 Å². The molecule has 1 aromatic heterocycles. The van der Waals surface area contributed by atoms with Crippen LogP contribution in [0, 0.1) is 0 Å². The third-order valence-corrected chi connectivity index (χ3v) is 3.43. The lowest BCUT2D eigenvalue weighted by atomic mass is 10.1. The first kappa shape index (κ1) is 15.1. The van der Waals surface area contributed by atoms with Gasteiger partial charge in [-0.25, -0.2) is 8.78 Å². The average Bonchev–Trinajstić information content (AvgIpc) is 2.92. The highest BCUT2D eigenvalue weighted by Gasteiger charge is 2.20. The molecule has 0 radical (unpaired) electrons. The number of hydrogen-bond acceptors (Lipinski definition) is 5. The predicted molar refractivity (Wildman–Crippen MR) is 71.2 cm³/mol. The second-order valence-corrected chi connectivity index (χ2v) is 4.85. The molecule has 0 unspecified atom stereocenters. The summed E-state index contributed by atoms with van der Waals surface area (Å²) in [5.41, 5.74) is 0. The van der Waals surface area contributed by atoms with E-state index in [9.17, 15) is 8.78 Å². The van der Waals surface area contributed by atoms with E-state index in [-0.39, 0.29) is 6.61 Å². The number of rotatable bonds is 7. The largest absolute Gasteiger partial charge is 0.375 e. The molecule has 2 N–H and O–H groups in total. The summed E-state index contributed by atoms with van der Waals surface area (Å²) < 4.78 is 28.6. The number of anilines is 1. The van der Waals surface area contributed by atoms with Crippen LogP contribution in [0.5, 0.6) is 0 Å². The van der Waals surface area contributed by atoms with Crippen molar-refractivity contribution >= 4 is 5.95 Å². The number of ether oxygens (including phenoxy) is 1. The molecule has 2 heterocycles. The van der Waals surface area contributed by atoms with Gasteiger partial charge in [0.2, 0.25) is 5.95 Å². The fraction of sp³-hybridized carbons (Fsp3) is 0.833.